The summed E-state index contributed by atoms with van der Waals surface area (Å²) in [4.78, 5) is 41.5. The second-order valence-corrected chi connectivity index (χ2v) is 11.9. The van der Waals surface area contributed by atoms with Crippen LogP contribution in [-0.2, 0) is 30.8 Å². The molecule has 5 rings (SSSR count). The van der Waals surface area contributed by atoms with E-state index in [0.29, 0.717) is 26.1 Å². The van der Waals surface area contributed by atoms with E-state index in [2.05, 4.69) is 5.32 Å². The maximum absolute atomic E-state index is 13.5. The Morgan fingerprint density at radius 3 is 2.74 bits per heavy atom. The lowest BCUT2D eigenvalue weighted by atomic mass is 10.1. The Labute approximate surface area is 207 Å². The van der Waals surface area contributed by atoms with Crippen LogP contribution in [0.2, 0.25) is 0 Å². The zero-order valence-electron chi connectivity index (χ0n) is 19.3. The number of rotatable bonds is 7. The van der Waals surface area contributed by atoms with E-state index < -0.39 is 28.0 Å². The summed E-state index contributed by atoms with van der Waals surface area (Å²) in [5, 5.41) is 4.38. The summed E-state index contributed by atoms with van der Waals surface area (Å²) in [5.41, 5.74) is 0.0614. The maximum atomic E-state index is 13.5. The predicted octanol–water partition coefficient (Wildman–Crippen LogP) is 1.34. The molecule has 0 radical (unpaired) electrons. The van der Waals surface area contributed by atoms with E-state index in [1.165, 1.54) is 33.5 Å². The number of ketones is 1. The van der Waals surface area contributed by atoms with Gasteiger partial charge in [-0.1, -0.05) is 6.07 Å². The number of ether oxygens (including phenoxy) is 1. The van der Waals surface area contributed by atoms with Crippen molar-refractivity contribution in [1.82, 2.24) is 14.5 Å². The van der Waals surface area contributed by atoms with Crippen LogP contribution in [0.25, 0.3) is 0 Å². The molecule has 5 heterocycles. The Kier molecular flexibility index (Phi) is 6.55. The van der Waals surface area contributed by atoms with Crippen LogP contribution in [0, 0.1) is 6.92 Å². The first-order chi connectivity index (χ1) is 16.8. The summed E-state index contributed by atoms with van der Waals surface area (Å²) in [6.07, 6.45) is 2.08. The molecule has 3 aliphatic rings. The lowest BCUT2D eigenvalue weighted by Gasteiger charge is -2.27. The molecule has 0 aliphatic carbocycles. The van der Waals surface area contributed by atoms with E-state index in [4.69, 9.17) is 9.15 Å². The van der Waals surface area contributed by atoms with E-state index in [-0.39, 0.29) is 47.2 Å². The number of nitrogens with zero attached hydrogens (tertiary/aromatic N) is 2. The third-order valence-corrected chi connectivity index (χ3v) is 9.44. The third kappa shape index (κ3) is 4.55. The molecule has 2 aromatic rings. The molecule has 3 saturated heterocycles. The highest BCUT2D eigenvalue weighted by molar-refractivity contribution is 7.89. The second-order valence-electron chi connectivity index (χ2n) is 9.04. The quantitative estimate of drug-likeness (QED) is 0.583. The molecule has 12 heteroatoms. The molecule has 188 valence electrons. The van der Waals surface area contributed by atoms with Gasteiger partial charge in [0, 0.05) is 37.0 Å². The molecule has 3 atom stereocenters. The van der Waals surface area contributed by atoms with Gasteiger partial charge in [0.2, 0.25) is 11.0 Å². The number of likely N-dealkylation sites (tertiary alicyclic amines) is 1. The summed E-state index contributed by atoms with van der Waals surface area (Å²) in [5.74, 6) is -0.939. The molecular formula is C23H27N3O7S2. The smallest absolute Gasteiger partial charge is 0.276 e. The van der Waals surface area contributed by atoms with Crippen LogP contribution in [-0.4, -0.2) is 79.6 Å². The molecule has 10 nitrogen and oxygen atoms in total. The lowest BCUT2D eigenvalue weighted by molar-refractivity contribution is -0.138. The Morgan fingerprint density at radius 1 is 1.26 bits per heavy atom. The number of carbonyl (C=O) groups is 3. The number of amides is 2. The van der Waals surface area contributed by atoms with Gasteiger partial charge in [-0.3, -0.25) is 14.4 Å². The maximum Gasteiger partial charge on any atom is 0.276 e. The SMILES string of the molecule is Cc1oc(S(=O)(=O)N2CCCC2)cc1C(=O)NC(Cc1cccs1)C(=O)N1CCC2OCC(=O)C21. The molecule has 0 saturated carbocycles. The van der Waals surface area contributed by atoms with Crippen LogP contribution >= 0.6 is 11.3 Å². The van der Waals surface area contributed by atoms with Crippen molar-refractivity contribution in [3.63, 3.8) is 0 Å². The number of fused-ring (bicyclic) bond motifs is 1. The highest BCUT2D eigenvalue weighted by Crippen LogP contribution is 2.29. The van der Waals surface area contributed by atoms with Gasteiger partial charge in [0.15, 0.2) is 5.78 Å². The summed E-state index contributed by atoms with van der Waals surface area (Å²) >= 11 is 1.46. The molecule has 3 unspecified atom stereocenters. The summed E-state index contributed by atoms with van der Waals surface area (Å²) in [6, 6.07) is 3.40. The van der Waals surface area contributed by atoms with Crippen LogP contribution in [0.5, 0.6) is 0 Å². The molecule has 3 aliphatic heterocycles. The fraction of sp³-hybridized carbons (Fsp3) is 0.522. The molecule has 3 fully saturated rings. The van der Waals surface area contributed by atoms with Crippen LogP contribution in [0.15, 0.2) is 33.1 Å². The topological polar surface area (TPSA) is 126 Å². The number of carbonyl (C=O) groups excluding carboxylic acids is 3. The van der Waals surface area contributed by atoms with Gasteiger partial charge < -0.3 is 19.4 Å². The van der Waals surface area contributed by atoms with Gasteiger partial charge in [0.25, 0.3) is 15.9 Å². The van der Waals surface area contributed by atoms with Gasteiger partial charge in [0.05, 0.1) is 11.7 Å². The van der Waals surface area contributed by atoms with Crippen molar-refractivity contribution in [2.75, 3.05) is 26.2 Å². The first-order valence-electron chi connectivity index (χ1n) is 11.6. The molecule has 1 N–H and O–H groups in total. The lowest BCUT2D eigenvalue weighted by Crippen LogP contribution is -2.53. The van der Waals surface area contributed by atoms with Crippen molar-refractivity contribution >= 4 is 39.0 Å². The number of aryl methyl sites for hydroxylation is 1. The second kappa shape index (κ2) is 9.49. The number of furan rings is 1. The molecule has 0 aromatic carbocycles. The number of thiophene rings is 1. The van der Waals surface area contributed by atoms with Gasteiger partial charge in [-0.05, 0) is 37.6 Å². The number of nitrogens with one attached hydrogen (secondary N) is 1. The van der Waals surface area contributed by atoms with E-state index >= 15 is 0 Å². The predicted molar refractivity (Wildman–Crippen MR) is 126 cm³/mol. The number of sulfonamides is 1. The van der Waals surface area contributed by atoms with Crippen molar-refractivity contribution in [1.29, 1.82) is 0 Å². The standard InChI is InChI=1S/C23H27N3O7S2/c1-14-16(12-20(33-14)35(30,31)25-7-2-3-8-25)22(28)24-17(11-15-5-4-10-34-15)23(29)26-9-6-19-21(26)18(27)13-32-19/h4-5,10,12,17,19,21H,2-3,6-9,11,13H2,1H3,(H,24,28). The normalized spacial score (nSPS) is 23.6. The summed E-state index contributed by atoms with van der Waals surface area (Å²) in [7, 11) is -3.83. The van der Waals surface area contributed by atoms with Crippen molar-refractivity contribution in [2.24, 2.45) is 0 Å². The zero-order chi connectivity index (χ0) is 24.7. The van der Waals surface area contributed by atoms with E-state index in [0.717, 1.165) is 17.7 Å². The first-order valence-corrected chi connectivity index (χ1v) is 14.0. The van der Waals surface area contributed by atoms with Crippen molar-refractivity contribution in [2.45, 2.75) is 55.9 Å². The van der Waals surface area contributed by atoms with Crippen LogP contribution in [0.3, 0.4) is 0 Å². The zero-order valence-corrected chi connectivity index (χ0v) is 20.9. The molecule has 0 spiro atoms. The molecule has 35 heavy (non-hydrogen) atoms. The fourth-order valence-electron chi connectivity index (χ4n) is 4.97. The minimum atomic E-state index is -3.83. The Morgan fingerprint density at radius 2 is 2.03 bits per heavy atom. The van der Waals surface area contributed by atoms with Gasteiger partial charge in [-0.2, -0.15) is 4.31 Å². The number of hydrogen-bond donors (Lipinski definition) is 1. The monoisotopic (exact) mass is 521 g/mol. The van der Waals surface area contributed by atoms with E-state index in [1.54, 1.807) is 0 Å². The average molecular weight is 522 g/mol. The minimum absolute atomic E-state index is 0.0104. The highest BCUT2D eigenvalue weighted by atomic mass is 32.2. The minimum Gasteiger partial charge on any atom is -0.448 e. The van der Waals surface area contributed by atoms with Crippen molar-refractivity contribution < 1.29 is 32.0 Å². The Bertz CT molecular complexity index is 1230. The van der Waals surface area contributed by atoms with Crippen LogP contribution in [0.1, 0.15) is 40.3 Å². The fourth-order valence-corrected chi connectivity index (χ4v) is 7.21. The molecular weight excluding hydrogens is 494 g/mol. The first kappa shape index (κ1) is 24.2. The summed E-state index contributed by atoms with van der Waals surface area (Å²) in [6.45, 7) is 2.72. The van der Waals surface area contributed by atoms with Gasteiger partial charge in [-0.25, -0.2) is 8.42 Å². The van der Waals surface area contributed by atoms with Crippen molar-refractivity contribution in [3.05, 3.63) is 39.8 Å². The van der Waals surface area contributed by atoms with Crippen LogP contribution in [0.4, 0.5) is 0 Å². The van der Waals surface area contributed by atoms with E-state index in [9.17, 15) is 22.8 Å². The van der Waals surface area contributed by atoms with Crippen LogP contribution < -0.4 is 5.32 Å². The molecule has 0 bridgehead atoms. The Hall–Kier alpha value is -2.54. The van der Waals surface area contributed by atoms with E-state index in [1.807, 2.05) is 17.5 Å². The van der Waals surface area contributed by atoms with Crippen molar-refractivity contribution in [3.8, 4) is 0 Å². The number of Topliss-reactive ketones (excluding diaryl/α,β-unsaturated/α-hetero) is 1. The molecule has 2 amide bonds. The largest absolute Gasteiger partial charge is 0.448 e. The number of hydrogen-bond acceptors (Lipinski definition) is 8. The molecule has 2 aromatic heterocycles. The van der Waals surface area contributed by atoms with Gasteiger partial charge in [0.1, 0.15) is 24.5 Å². The summed E-state index contributed by atoms with van der Waals surface area (Å²) < 4.78 is 38.1. The van der Waals surface area contributed by atoms with Gasteiger partial charge in [-0.15, -0.1) is 11.3 Å². The van der Waals surface area contributed by atoms with Gasteiger partial charge >= 0.3 is 0 Å². The average Bonchev–Trinajstić information content (AvgIpc) is 3.63. The third-order valence-electron chi connectivity index (χ3n) is 6.78. The highest BCUT2D eigenvalue weighted by Gasteiger charge is 2.48. The Balaban J connectivity index is 1.38.